The Kier molecular flexibility index (Phi) is 6.11. The van der Waals surface area contributed by atoms with E-state index in [9.17, 15) is 4.79 Å². The van der Waals surface area contributed by atoms with E-state index in [0.717, 1.165) is 0 Å². The van der Waals surface area contributed by atoms with Crippen molar-refractivity contribution in [2.75, 3.05) is 26.6 Å². The third-order valence-corrected chi connectivity index (χ3v) is 2.74. The Labute approximate surface area is 118 Å². The lowest BCUT2D eigenvalue weighted by molar-refractivity contribution is -0.116. The Morgan fingerprint density at radius 2 is 1.75 bits per heavy atom. The van der Waals surface area contributed by atoms with E-state index in [1.807, 2.05) is 0 Å². The van der Waals surface area contributed by atoms with E-state index in [1.165, 1.54) is 21.3 Å². The molecule has 0 aliphatic carbocycles. The molecule has 0 aliphatic rings. The van der Waals surface area contributed by atoms with Crippen LogP contribution in [0, 0.1) is 0 Å². The van der Waals surface area contributed by atoms with Crippen LogP contribution in [-0.4, -0.2) is 38.4 Å². The summed E-state index contributed by atoms with van der Waals surface area (Å²) in [6.45, 7) is 1.65. The molecule has 1 amide bonds. The number of amides is 1. The maximum Gasteiger partial charge on any atom is 0.224 e. The van der Waals surface area contributed by atoms with Crippen LogP contribution in [-0.2, 0) is 4.79 Å². The first-order valence-electron chi connectivity index (χ1n) is 6.29. The lowest BCUT2D eigenvalue weighted by Crippen LogP contribution is -2.14. The second-order valence-corrected chi connectivity index (χ2v) is 4.35. The van der Waals surface area contributed by atoms with Gasteiger partial charge in [0.05, 0.1) is 27.4 Å². The summed E-state index contributed by atoms with van der Waals surface area (Å²) < 4.78 is 15.6. The highest BCUT2D eigenvalue weighted by molar-refractivity contribution is 5.91. The van der Waals surface area contributed by atoms with Crippen molar-refractivity contribution in [2.45, 2.75) is 25.9 Å². The summed E-state index contributed by atoms with van der Waals surface area (Å²) in [6, 6.07) is 3.31. The number of anilines is 1. The molecule has 0 fully saturated rings. The van der Waals surface area contributed by atoms with Crippen LogP contribution < -0.4 is 19.5 Å². The first-order valence-corrected chi connectivity index (χ1v) is 6.29. The van der Waals surface area contributed by atoms with E-state index >= 15 is 0 Å². The molecule has 0 aromatic heterocycles. The molecule has 1 atom stereocenters. The van der Waals surface area contributed by atoms with E-state index < -0.39 is 6.10 Å². The number of methoxy groups -OCH3 is 3. The Morgan fingerprint density at radius 3 is 2.15 bits per heavy atom. The molecule has 0 radical (unpaired) electrons. The molecule has 0 saturated carbocycles. The highest BCUT2D eigenvalue weighted by atomic mass is 16.5. The number of carbonyl (C=O) groups is 1. The number of aliphatic hydroxyl groups excluding tert-OH is 1. The zero-order valence-electron chi connectivity index (χ0n) is 12.2. The molecule has 1 rings (SSSR count). The average Bonchev–Trinajstić information content (AvgIpc) is 2.43. The largest absolute Gasteiger partial charge is 0.493 e. The fourth-order valence-corrected chi connectivity index (χ4v) is 1.72. The highest BCUT2D eigenvalue weighted by Gasteiger charge is 2.14. The lowest BCUT2D eigenvalue weighted by atomic mass is 10.2. The third kappa shape index (κ3) is 4.31. The zero-order valence-corrected chi connectivity index (χ0v) is 12.2. The minimum absolute atomic E-state index is 0.180. The molecule has 20 heavy (non-hydrogen) atoms. The second-order valence-electron chi connectivity index (χ2n) is 4.35. The predicted octanol–water partition coefficient (Wildman–Crippen LogP) is 1.81. The van der Waals surface area contributed by atoms with Crippen LogP contribution in [0.15, 0.2) is 12.1 Å². The molecule has 0 spiro atoms. The molecule has 2 N–H and O–H groups in total. The predicted molar refractivity (Wildman–Crippen MR) is 75.6 cm³/mol. The van der Waals surface area contributed by atoms with Crippen molar-refractivity contribution in [3.8, 4) is 17.2 Å². The summed E-state index contributed by atoms with van der Waals surface area (Å²) in [5, 5.41) is 11.9. The molecule has 0 aliphatic heterocycles. The van der Waals surface area contributed by atoms with Crippen molar-refractivity contribution in [3.05, 3.63) is 12.1 Å². The van der Waals surface area contributed by atoms with Crippen LogP contribution in [0.1, 0.15) is 19.8 Å². The Morgan fingerprint density at radius 1 is 1.20 bits per heavy atom. The molecule has 0 bridgehead atoms. The van der Waals surface area contributed by atoms with Crippen LogP contribution in [0.25, 0.3) is 0 Å². The molecule has 1 unspecified atom stereocenters. The third-order valence-electron chi connectivity index (χ3n) is 2.74. The van der Waals surface area contributed by atoms with Gasteiger partial charge in [-0.2, -0.15) is 0 Å². The molecule has 0 heterocycles. The first kappa shape index (κ1) is 16.1. The minimum atomic E-state index is -0.499. The molecular formula is C14H21NO5. The first-order chi connectivity index (χ1) is 9.51. The van der Waals surface area contributed by atoms with Crippen molar-refractivity contribution < 1.29 is 24.1 Å². The monoisotopic (exact) mass is 283 g/mol. The van der Waals surface area contributed by atoms with E-state index in [2.05, 4.69) is 5.32 Å². The van der Waals surface area contributed by atoms with Gasteiger partial charge in [0.2, 0.25) is 11.7 Å². The standard InChI is InChI=1S/C14H21NO5/c1-9(16)5-6-13(17)15-10-7-11(18-2)14(20-4)12(8-10)19-3/h7-9,16H,5-6H2,1-4H3,(H,15,17). The van der Waals surface area contributed by atoms with Gasteiger partial charge in [0.1, 0.15) is 0 Å². The van der Waals surface area contributed by atoms with Crippen LogP contribution >= 0.6 is 0 Å². The lowest BCUT2D eigenvalue weighted by Gasteiger charge is -2.14. The number of nitrogens with one attached hydrogen (secondary N) is 1. The van der Waals surface area contributed by atoms with Gasteiger partial charge in [-0.25, -0.2) is 0 Å². The summed E-state index contributed by atoms with van der Waals surface area (Å²) in [5.74, 6) is 1.23. The maximum absolute atomic E-state index is 11.7. The fourth-order valence-electron chi connectivity index (χ4n) is 1.72. The van der Waals surface area contributed by atoms with Crippen LogP contribution in [0.5, 0.6) is 17.2 Å². The Balaban J connectivity index is 2.88. The van der Waals surface area contributed by atoms with Gasteiger partial charge in [-0.15, -0.1) is 0 Å². The molecular weight excluding hydrogens is 262 g/mol. The van der Waals surface area contributed by atoms with Gasteiger partial charge < -0.3 is 24.6 Å². The van der Waals surface area contributed by atoms with Gasteiger partial charge in [0.15, 0.2) is 11.5 Å². The zero-order chi connectivity index (χ0) is 15.1. The quantitative estimate of drug-likeness (QED) is 0.798. The molecule has 112 valence electrons. The summed E-state index contributed by atoms with van der Waals surface area (Å²) in [6.07, 6.45) is 0.158. The summed E-state index contributed by atoms with van der Waals surface area (Å²) in [7, 11) is 4.54. The molecule has 1 aromatic carbocycles. The average molecular weight is 283 g/mol. The van der Waals surface area contributed by atoms with Crippen LogP contribution in [0.4, 0.5) is 5.69 Å². The number of aliphatic hydroxyl groups is 1. The van der Waals surface area contributed by atoms with Crippen molar-refractivity contribution >= 4 is 11.6 Å². The van der Waals surface area contributed by atoms with Crippen molar-refractivity contribution in [3.63, 3.8) is 0 Å². The van der Waals surface area contributed by atoms with E-state index in [1.54, 1.807) is 19.1 Å². The van der Waals surface area contributed by atoms with Gasteiger partial charge in [0, 0.05) is 24.2 Å². The van der Waals surface area contributed by atoms with Gasteiger partial charge in [-0.1, -0.05) is 0 Å². The molecule has 0 saturated heterocycles. The van der Waals surface area contributed by atoms with Gasteiger partial charge in [-0.05, 0) is 13.3 Å². The van der Waals surface area contributed by atoms with E-state index in [-0.39, 0.29) is 12.3 Å². The summed E-state index contributed by atoms with van der Waals surface area (Å²) >= 11 is 0. The number of hydrogen-bond acceptors (Lipinski definition) is 5. The number of hydrogen-bond donors (Lipinski definition) is 2. The van der Waals surface area contributed by atoms with Gasteiger partial charge in [0.25, 0.3) is 0 Å². The van der Waals surface area contributed by atoms with Crippen LogP contribution in [0.2, 0.25) is 0 Å². The maximum atomic E-state index is 11.7. The van der Waals surface area contributed by atoms with Gasteiger partial charge in [-0.3, -0.25) is 4.79 Å². The number of carbonyl (C=O) groups excluding carboxylic acids is 1. The van der Waals surface area contributed by atoms with E-state index in [0.29, 0.717) is 29.4 Å². The number of rotatable bonds is 7. The number of ether oxygens (including phenoxy) is 3. The Bertz CT molecular complexity index is 434. The molecule has 6 heteroatoms. The van der Waals surface area contributed by atoms with Crippen molar-refractivity contribution in [1.82, 2.24) is 0 Å². The van der Waals surface area contributed by atoms with Crippen molar-refractivity contribution in [1.29, 1.82) is 0 Å². The molecule has 1 aromatic rings. The Hall–Kier alpha value is -1.95. The minimum Gasteiger partial charge on any atom is -0.493 e. The highest BCUT2D eigenvalue weighted by Crippen LogP contribution is 2.39. The second kappa shape index (κ2) is 7.59. The normalized spacial score (nSPS) is 11.7. The fraction of sp³-hybridized carbons (Fsp3) is 0.500. The van der Waals surface area contributed by atoms with Gasteiger partial charge >= 0.3 is 0 Å². The molecule has 6 nitrogen and oxygen atoms in total. The number of benzene rings is 1. The SMILES string of the molecule is COc1cc(NC(=O)CCC(C)O)cc(OC)c1OC. The van der Waals surface area contributed by atoms with Crippen LogP contribution in [0.3, 0.4) is 0 Å². The summed E-state index contributed by atoms with van der Waals surface area (Å²) in [5.41, 5.74) is 0.551. The van der Waals surface area contributed by atoms with Crippen molar-refractivity contribution in [2.24, 2.45) is 0 Å². The van der Waals surface area contributed by atoms with E-state index in [4.69, 9.17) is 19.3 Å². The smallest absolute Gasteiger partial charge is 0.224 e. The topological polar surface area (TPSA) is 77.0 Å². The summed E-state index contributed by atoms with van der Waals surface area (Å²) in [4.78, 5) is 11.7.